The van der Waals surface area contributed by atoms with Crippen molar-refractivity contribution >= 4 is 17.4 Å². The number of nitrogens with two attached hydrogens (primary N) is 1. The Balaban J connectivity index is 2.05. The lowest BCUT2D eigenvalue weighted by Gasteiger charge is -2.38. The molecule has 1 aliphatic carbocycles. The highest BCUT2D eigenvalue weighted by atomic mass is 35.5. The van der Waals surface area contributed by atoms with Gasteiger partial charge in [-0.3, -0.25) is 5.73 Å². The molecule has 3 N–H and O–H groups in total. The van der Waals surface area contributed by atoms with Gasteiger partial charge in [0.25, 0.3) is 0 Å². The zero-order valence-corrected chi connectivity index (χ0v) is 16.7. The van der Waals surface area contributed by atoms with Crippen molar-refractivity contribution in [2.24, 2.45) is 10.7 Å². The number of ether oxygens (including phenoxy) is 1. The van der Waals surface area contributed by atoms with Crippen LogP contribution in [0.5, 0.6) is 5.75 Å². The molecule has 1 aromatic rings. The van der Waals surface area contributed by atoms with Crippen molar-refractivity contribution in [3.05, 3.63) is 40.1 Å². The van der Waals surface area contributed by atoms with E-state index >= 15 is 0 Å². The van der Waals surface area contributed by atoms with Gasteiger partial charge in [-0.25, -0.2) is 4.99 Å². The van der Waals surface area contributed by atoms with E-state index in [4.69, 9.17) is 27.1 Å². The van der Waals surface area contributed by atoms with Crippen molar-refractivity contribution in [1.29, 1.82) is 0 Å². The minimum Gasteiger partial charge on any atom is -0.497 e. The monoisotopic (exact) mass is 376 g/mol. The van der Waals surface area contributed by atoms with E-state index in [9.17, 15) is 0 Å². The summed E-state index contributed by atoms with van der Waals surface area (Å²) in [6.45, 7) is 6.36. The van der Waals surface area contributed by atoms with Gasteiger partial charge >= 0.3 is 0 Å². The van der Waals surface area contributed by atoms with Crippen molar-refractivity contribution in [2.45, 2.75) is 51.7 Å². The Labute approximate surface area is 161 Å². The average Bonchev–Trinajstić information content (AvgIpc) is 3.08. The van der Waals surface area contributed by atoms with Gasteiger partial charge < -0.3 is 15.0 Å². The molecule has 2 aliphatic rings. The lowest BCUT2D eigenvalue weighted by molar-refractivity contribution is 0.356. The fourth-order valence-electron chi connectivity index (χ4n) is 3.81. The standard InChI is InChI=1S/C20H29ClN4O/c1-4-11-25(12-5-2)19-15-7-6-8-18(15)23-20(22,24-19)16-10-9-14(26-3)13-17(16)21/h9-10,13,23H,4-8,11-12,22H2,1-3H3. The Morgan fingerprint density at radius 2 is 2.00 bits per heavy atom. The molecule has 0 amide bonds. The third-order valence-electron chi connectivity index (χ3n) is 4.98. The molecule has 26 heavy (non-hydrogen) atoms. The fourth-order valence-corrected chi connectivity index (χ4v) is 4.12. The molecule has 0 bridgehead atoms. The minimum atomic E-state index is -1.05. The van der Waals surface area contributed by atoms with Gasteiger partial charge in [-0.05, 0) is 50.3 Å². The van der Waals surface area contributed by atoms with E-state index in [2.05, 4.69) is 24.1 Å². The molecule has 0 aromatic heterocycles. The van der Waals surface area contributed by atoms with Crippen LogP contribution in [0.4, 0.5) is 0 Å². The van der Waals surface area contributed by atoms with Crippen LogP contribution < -0.4 is 15.8 Å². The molecule has 1 aliphatic heterocycles. The van der Waals surface area contributed by atoms with E-state index in [0.717, 1.165) is 56.6 Å². The SMILES string of the molecule is CCCN(CCC)C1=NC(N)(c2ccc(OC)cc2Cl)NC2=C1CCC2. The lowest BCUT2D eigenvalue weighted by atomic mass is 10.0. The van der Waals surface area contributed by atoms with E-state index < -0.39 is 5.79 Å². The van der Waals surface area contributed by atoms with Gasteiger partial charge in [0.05, 0.1) is 12.1 Å². The fraction of sp³-hybridized carbons (Fsp3) is 0.550. The first-order valence-corrected chi connectivity index (χ1v) is 9.88. The van der Waals surface area contributed by atoms with Crippen molar-refractivity contribution in [3.8, 4) is 5.75 Å². The van der Waals surface area contributed by atoms with Crippen molar-refractivity contribution in [3.63, 3.8) is 0 Å². The number of hydrogen-bond acceptors (Lipinski definition) is 5. The van der Waals surface area contributed by atoms with Crippen LogP contribution in [-0.2, 0) is 5.79 Å². The number of hydrogen-bond donors (Lipinski definition) is 2. The zero-order valence-electron chi connectivity index (χ0n) is 15.9. The van der Waals surface area contributed by atoms with Crippen LogP contribution in [0.1, 0.15) is 51.5 Å². The topological polar surface area (TPSA) is 62.9 Å². The zero-order chi connectivity index (χ0) is 18.7. The number of allylic oxidation sites excluding steroid dienone is 1. The molecule has 0 saturated heterocycles. The summed E-state index contributed by atoms with van der Waals surface area (Å²) in [7, 11) is 1.63. The highest BCUT2D eigenvalue weighted by molar-refractivity contribution is 6.31. The summed E-state index contributed by atoms with van der Waals surface area (Å²) >= 11 is 6.52. The highest BCUT2D eigenvalue weighted by Gasteiger charge is 2.38. The number of halogens is 1. The average molecular weight is 377 g/mol. The van der Waals surface area contributed by atoms with Crippen LogP contribution in [0.15, 0.2) is 34.5 Å². The molecular weight excluding hydrogens is 348 g/mol. The Kier molecular flexibility index (Phi) is 5.78. The van der Waals surface area contributed by atoms with Crippen LogP contribution in [0, 0.1) is 0 Å². The molecule has 1 unspecified atom stereocenters. The van der Waals surface area contributed by atoms with Gasteiger partial charge in [0.2, 0.25) is 5.79 Å². The highest BCUT2D eigenvalue weighted by Crippen LogP contribution is 2.37. The summed E-state index contributed by atoms with van der Waals surface area (Å²) in [4.78, 5) is 7.38. The van der Waals surface area contributed by atoms with Crippen LogP contribution >= 0.6 is 11.6 Å². The number of aliphatic imine (C=N–C) groups is 1. The summed E-state index contributed by atoms with van der Waals surface area (Å²) in [5.74, 6) is 0.692. The van der Waals surface area contributed by atoms with Gasteiger partial charge in [0, 0.05) is 29.9 Å². The first-order valence-electron chi connectivity index (χ1n) is 9.50. The molecule has 1 aromatic carbocycles. The summed E-state index contributed by atoms with van der Waals surface area (Å²) in [6, 6.07) is 5.57. The minimum absolute atomic E-state index is 0.557. The number of amidine groups is 1. The largest absolute Gasteiger partial charge is 0.497 e. The van der Waals surface area contributed by atoms with E-state index in [0.29, 0.717) is 10.8 Å². The smallest absolute Gasteiger partial charge is 0.212 e. The third-order valence-corrected chi connectivity index (χ3v) is 5.30. The number of methoxy groups -OCH3 is 1. The predicted octanol–water partition coefficient (Wildman–Crippen LogP) is 3.98. The first kappa shape index (κ1) is 19.1. The van der Waals surface area contributed by atoms with E-state index in [-0.39, 0.29) is 0 Å². The maximum atomic E-state index is 6.76. The quantitative estimate of drug-likeness (QED) is 0.788. The van der Waals surface area contributed by atoms with Gasteiger partial charge in [0.15, 0.2) is 0 Å². The number of rotatable bonds is 6. The number of nitrogens with zero attached hydrogens (tertiary/aromatic N) is 2. The van der Waals surface area contributed by atoms with Crippen molar-refractivity contribution in [1.82, 2.24) is 10.2 Å². The van der Waals surface area contributed by atoms with Crippen molar-refractivity contribution in [2.75, 3.05) is 20.2 Å². The maximum Gasteiger partial charge on any atom is 0.212 e. The third kappa shape index (κ3) is 3.55. The summed E-state index contributed by atoms with van der Waals surface area (Å²) in [5, 5.41) is 4.03. The van der Waals surface area contributed by atoms with Crippen LogP contribution in [0.25, 0.3) is 0 Å². The Morgan fingerprint density at radius 3 is 2.62 bits per heavy atom. The molecule has 142 valence electrons. The van der Waals surface area contributed by atoms with Crippen LogP contribution in [-0.4, -0.2) is 30.9 Å². The Hall–Kier alpha value is -1.72. The van der Waals surface area contributed by atoms with Crippen LogP contribution in [0.2, 0.25) is 5.02 Å². The molecule has 6 heteroatoms. The molecular formula is C20H29ClN4O. The maximum absolute atomic E-state index is 6.76. The van der Waals surface area contributed by atoms with E-state index in [1.165, 1.54) is 11.3 Å². The van der Waals surface area contributed by atoms with Gasteiger partial charge in [-0.1, -0.05) is 25.4 Å². The van der Waals surface area contributed by atoms with Crippen molar-refractivity contribution < 1.29 is 4.74 Å². The van der Waals surface area contributed by atoms with Crippen LogP contribution in [0.3, 0.4) is 0 Å². The van der Waals surface area contributed by atoms with Gasteiger partial charge in [0.1, 0.15) is 11.6 Å². The second-order valence-corrected chi connectivity index (χ2v) is 7.38. The molecule has 0 saturated carbocycles. The molecule has 0 fully saturated rings. The predicted molar refractivity (Wildman–Crippen MR) is 107 cm³/mol. The first-order chi connectivity index (χ1) is 12.5. The number of benzene rings is 1. The molecule has 5 nitrogen and oxygen atoms in total. The second kappa shape index (κ2) is 7.89. The Morgan fingerprint density at radius 1 is 1.27 bits per heavy atom. The summed E-state index contributed by atoms with van der Waals surface area (Å²) < 4.78 is 5.26. The molecule has 1 atom stereocenters. The summed E-state index contributed by atoms with van der Waals surface area (Å²) in [5.41, 5.74) is 10.1. The van der Waals surface area contributed by atoms with E-state index in [1.54, 1.807) is 13.2 Å². The van der Waals surface area contributed by atoms with E-state index in [1.807, 2.05) is 12.1 Å². The molecule has 3 rings (SSSR count). The molecule has 0 radical (unpaired) electrons. The summed E-state index contributed by atoms with van der Waals surface area (Å²) in [6.07, 6.45) is 5.35. The van der Waals surface area contributed by atoms with Gasteiger partial charge in [-0.2, -0.15) is 0 Å². The lowest BCUT2D eigenvalue weighted by Crippen LogP contribution is -2.53. The van der Waals surface area contributed by atoms with Gasteiger partial charge in [-0.15, -0.1) is 0 Å². The normalized spacial score (nSPS) is 22.0. The Bertz CT molecular complexity index is 725. The second-order valence-electron chi connectivity index (χ2n) is 6.97. The number of nitrogens with one attached hydrogen (secondary N) is 1. The molecule has 0 spiro atoms. The molecule has 1 heterocycles.